The van der Waals surface area contributed by atoms with Gasteiger partial charge in [0.2, 0.25) is 0 Å². The van der Waals surface area contributed by atoms with Gasteiger partial charge in [0.15, 0.2) is 5.78 Å². The summed E-state index contributed by atoms with van der Waals surface area (Å²) in [6, 6.07) is 6.50. The van der Waals surface area contributed by atoms with Crippen LogP contribution in [0.15, 0.2) is 24.3 Å². The van der Waals surface area contributed by atoms with Gasteiger partial charge in [0, 0.05) is 10.8 Å². The number of benzene rings is 1. The highest BCUT2D eigenvalue weighted by atomic mass is 32.2. The highest BCUT2D eigenvalue weighted by molar-refractivity contribution is 8.00. The standard InChI is InChI=1S/C13H16O2S/c14-11-7-5-10(6-8-11)13(15)9-16-12-3-1-2-4-12/h5-8,12,14H,1-4,9H2. The maximum absolute atomic E-state index is 11.8. The first-order valence-corrected chi connectivity index (χ1v) is 6.74. The number of phenolic OH excluding ortho intramolecular Hbond substituents is 1. The summed E-state index contributed by atoms with van der Waals surface area (Å²) in [4.78, 5) is 11.8. The Bertz CT molecular complexity index is 353. The van der Waals surface area contributed by atoms with Gasteiger partial charge >= 0.3 is 0 Å². The molecule has 2 rings (SSSR count). The predicted octanol–water partition coefficient (Wildman–Crippen LogP) is 3.25. The molecule has 1 saturated carbocycles. The quantitative estimate of drug-likeness (QED) is 0.815. The van der Waals surface area contributed by atoms with E-state index in [1.165, 1.54) is 25.7 Å². The van der Waals surface area contributed by atoms with Gasteiger partial charge in [-0.1, -0.05) is 12.8 Å². The molecule has 1 N–H and O–H groups in total. The van der Waals surface area contributed by atoms with Crippen molar-refractivity contribution in [2.45, 2.75) is 30.9 Å². The molecule has 0 saturated heterocycles. The Morgan fingerprint density at radius 2 is 1.88 bits per heavy atom. The van der Waals surface area contributed by atoms with Gasteiger partial charge in [-0.2, -0.15) is 11.8 Å². The molecule has 2 nitrogen and oxygen atoms in total. The summed E-state index contributed by atoms with van der Waals surface area (Å²) in [6.45, 7) is 0. The minimum atomic E-state index is 0.164. The largest absolute Gasteiger partial charge is 0.508 e. The van der Waals surface area contributed by atoms with Crippen LogP contribution in [0.25, 0.3) is 0 Å². The number of ketones is 1. The SMILES string of the molecule is O=C(CSC1CCCC1)c1ccc(O)cc1. The Labute approximate surface area is 100 Å². The van der Waals surface area contributed by atoms with Crippen LogP contribution in [0.4, 0.5) is 0 Å². The molecule has 1 aliphatic carbocycles. The minimum absolute atomic E-state index is 0.164. The molecule has 0 aromatic heterocycles. The van der Waals surface area contributed by atoms with Crippen molar-refractivity contribution < 1.29 is 9.90 Å². The molecular formula is C13H16O2S. The average Bonchev–Trinajstić information content (AvgIpc) is 2.80. The van der Waals surface area contributed by atoms with Crippen LogP contribution in [0.3, 0.4) is 0 Å². The molecule has 0 spiro atoms. The number of rotatable bonds is 4. The van der Waals surface area contributed by atoms with E-state index in [0.717, 1.165) is 0 Å². The van der Waals surface area contributed by atoms with Gasteiger partial charge in [0.05, 0.1) is 5.75 Å². The number of aromatic hydroxyl groups is 1. The molecule has 16 heavy (non-hydrogen) atoms. The minimum Gasteiger partial charge on any atom is -0.508 e. The lowest BCUT2D eigenvalue weighted by Gasteiger charge is -2.07. The van der Waals surface area contributed by atoms with E-state index in [1.807, 2.05) is 0 Å². The van der Waals surface area contributed by atoms with Crippen molar-refractivity contribution in [3.05, 3.63) is 29.8 Å². The number of carbonyl (C=O) groups is 1. The van der Waals surface area contributed by atoms with Crippen molar-refractivity contribution in [1.82, 2.24) is 0 Å². The smallest absolute Gasteiger partial charge is 0.172 e. The zero-order chi connectivity index (χ0) is 11.4. The zero-order valence-electron chi connectivity index (χ0n) is 9.19. The Balaban J connectivity index is 1.85. The predicted molar refractivity (Wildman–Crippen MR) is 67.2 cm³/mol. The summed E-state index contributed by atoms with van der Waals surface area (Å²) < 4.78 is 0. The number of phenols is 1. The number of carbonyl (C=O) groups excluding carboxylic acids is 1. The fourth-order valence-electron chi connectivity index (χ4n) is 1.98. The lowest BCUT2D eigenvalue weighted by molar-refractivity contribution is 0.102. The van der Waals surface area contributed by atoms with Gasteiger partial charge in [0.25, 0.3) is 0 Å². The van der Waals surface area contributed by atoms with Crippen LogP contribution >= 0.6 is 11.8 Å². The number of Topliss-reactive ketones (excluding diaryl/α,β-unsaturated/α-hetero) is 1. The van der Waals surface area contributed by atoms with Crippen LogP contribution in [0.2, 0.25) is 0 Å². The Kier molecular flexibility index (Phi) is 3.88. The van der Waals surface area contributed by atoms with E-state index in [2.05, 4.69) is 0 Å². The van der Waals surface area contributed by atoms with Crippen molar-refractivity contribution >= 4 is 17.5 Å². The van der Waals surface area contributed by atoms with Crippen molar-refractivity contribution in [2.24, 2.45) is 0 Å². The second kappa shape index (κ2) is 5.39. The van der Waals surface area contributed by atoms with Crippen molar-refractivity contribution in [2.75, 3.05) is 5.75 Å². The molecular weight excluding hydrogens is 220 g/mol. The normalized spacial score (nSPS) is 16.5. The molecule has 0 amide bonds. The molecule has 1 aliphatic rings. The first-order chi connectivity index (χ1) is 7.75. The summed E-state index contributed by atoms with van der Waals surface area (Å²) >= 11 is 1.78. The number of thioether (sulfide) groups is 1. The Morgan fingerprint density at radius 3 is 2.50 bits per heavy atom. The van der Waals surface area contributed by atoms with Crippen LogP contribution in [0.5, 0.6) is 5.75 Å². The average molecular weight is 236 g/mol. The van der Waals surface area contributed by atoms with Gasteiger partial charge in [-0.3, -0.25) is 4.79 Å². The molecule has 0 bridgehead atoms. The molecule has 1 aromatic rings. The fraction of sp³-hybridized carbons (Fsp3) is 0.462. The van der Waals surface area contributed by atoms with Gasteiger partial charge in [-0.25, -0.2) is 0 Å². The molecule has 3 heteroatoms. The molecule has 0 heterocycles. The van der Waals surface area contributed by atoms with Gasteiger partial charge in [0.1, 0.15) is 5.75 Å². The van der Waals surface area contributed by atoms with E-state index < -0.39 is 0 Å². The van der Waals surface area contributed by atoms with E-state index >= 15 is 0 Å². The highest BCUT2D eigenvalue weighted by Gasteiger charge is 2.17. The molecule has 1 fully saturated rings. The van der Waals surface area contributed by atoms with Crippen LogP contribution in [-0.4, -0.2) is 21.9 Å². The summed E-state index contributed by atoms with van der Waals surface area (Å²) in [7, 11) is 0. The van der Waals surface area contributed by atoms with Crippen LogP contribution < -0.4 is 0 Å². The van der Waals surface area contributed by atoms with Crippen LogP contribution in [0.1, 0.15) is 36.0 Å². The summed E-state index contributed by atoms with van der Waals surface area (Å²) in [5, 5.41) is 9.81. The summed E-state index contributed by atoms with van der Waals surface area (Å²) in [6.07, 6.45) is 5.14. The maximum Gasteiger partial charge on any atom is 0.172 e. The van der Waals surface area contributed by atoms with Gasteiger partial charge in [-0.15, -0.1) is 0 Å². The number of hydrogen-bond acceptors (Lipinski definition) is 3. The van der Waals surface area contributed by atoms with E-state index in [9.17, 15) is 4.79 Å². The summed E-state index contributed by atoms with van der Waals surface area (Å²) in [5.74, 6) is 0.937. The number of hydrogen-bond donors (Lipinski definition) is 1. The van der Waals surface area contributed by atoms with Gasteiger partial charge in [-0.05, 0) is 37.1 Å². The molecule has 0 aliphatic heterocycles. The molecule has 1 aromatic carbocycles. The molecule has 86 valence electrons. The zero-order valence-corrected chi connectivity index (χ0v) is 10.0. The lowest BCUT2D eigenvalue weighted by atomic mass is 10.1. The maximum atomic E-state index is 11.8. The van der Waals surface area contributed by atoms with E-state index in [-0.39, 0.29) is 11.5 Å². The first-order valence-electron chi connectivity index (χ1n) is 5.69. The third-order valence-electron chi connectivity index (χ3n) is 2.94. The highest BCUT2D eigenvalue weighted by Crippen LogP contribution is 2.29. The van der Waals surface area contributed by atoms with E-state index in [1.54, 1.807) is 36.0 Å². The van der Waals surface area contributed by atoms with E-state index in [0.29, 0.717) is 16.6 Å². The van der Waals surface area contributed by atoms with Crippen molar-refractivity contribution in [3.8, 4) is 5.75 Å². The Morgan fingerprint density at radius 1 is 1.25 bits per heavy atom. The van der Waals surface area contributed by atoms with Gasteiger partial charge < -0.3 is 5.11 Å². The second-order valence-electron chi connectivity index (χ2n) is 4.19. The second-order valence-corrected chi connectivity index (χ2v) is 5.48. The lowest BCUT2D eigenvalue weighted by Crippen LogP contribution is -2.06. The topological polar surface area (TPSA) is 37.3 Å². The third-order valence-corrected chi connectivity index (χ3v) is 4.31. The Hall–Kier alpha value is -0.960. The molecule has 0 unspecified atom stereocenters. The van der Waals surface area contributed by atoms with Crippen LogP contribution in [-0.2, 0) is 0 Å². The first kappa shape index (κ1) is 11.5. The van der Waals surface area contributed by atoms with Crippen molar-refractivity contribution in [3.63, 3.8) is 0 Å². The van der Waals surface area contributed by atoms with Crippen LogP contribution in [0, 0.1) is 0 Å². The van der Waals surface area contributed by atoms with Crippen molar-refractivity contribution in [1.29, 1.82) is 0 Å². The fourth-order valence-corrected chi connectivity index (χ4v) is 3.20. The third kappa shape index (κ3) is 3.01. The molecule has 0 radical (unpaired) electrons. The summed E-state index contributed by atoms with van der Waals surface area (Å²) in [5.41, 5.74) is 0.697. The van der Waals surface area contributed by atoms with E-state index in [4.69, 9.17) is 5.11 Å². The molecule has 0 atom stereocenters. The monoisotopic (exact) mass is 236 g/mol.